The van der Waals surface area contributed by atoms with Crippen LogP contribution in [0, 0.1) is 6.92 Å². The molecule has 2 N–H and O–H groups in total. The first-order chi connectivity index (χ1) is 6.75. The van der Waals surface area contributed by atoms with Crippen LogP contribution in [-0.2, 0) is 0 Å². The van der Waals surface area contributed by atoms with Gasteiger partial charge in [0.15, 0.2) is 0 Å². The summed E-state index contributed by atoms with van der Waals surface area (Å²) in [5, 5.41) is 0. The van der Waals surface area contributed by atoms with Crippen molar-refractivity contribution in [1.29, 1.82) is 0 Å². The Morgan fingerprint density at radius 3 is 2.86 bits per heavy atom. The van der Waals surface area contributed by atoms with E-state index in [1.165, 1.54) is 16.7 Å². The van der Waals surface area contributed by atoms with Crippen LogP contribution < -0.4 is 5.73 Å². The summed E-state index contributed by atoms with van der Waals surface area (Å²) in [6, 6.07) is 8.74. The first kappa shape index (κ1) is 9.22. The molecule has 0 spiro atoms. The molecule has 0 saturated carbocycles. The Balaban J connectivity index is 2.29. The van der Waals surface area contributed by atoms with E-state index >= 15 is 0 Å². The van der Waals surface area contributed by atoms with E-state index in [0.29, 0.717) is 0 Å². The number of nitrogens with two attached hydrogens (primary N) is 1. The van der Waals surface area contributed by atoms with Gasteiger partial charge in [-0.15, -0.1) is 0 Å². The molecule has 0 aromatic heterocycles. The van der Waals surface area contributed by atoms with Crippen molar-refractivity contribution in [3.05, 3.63) is 53.6 Å². The number of hydrogen-bond acceptors (Lipinski definition) is 1. The number of benzene rings is 1. The van der Waals surface area contributed by atoms with Crippen molar-refractivity contribution < 1.29 is 0 Å². The zero-order chi connectivity index (χ0) is 9.97. The van der Waals surface area contributed by atoms with Gasteiger partial charge in [0.1, 0.15) is 0 Å². The van der Waals surface area contributed by atoms with E-state index in [4.69, 9.17) is 5.73 Å². The summed E-state index contributed by atoms with van der Waals surface area (Å²) in [5.74, 6) is 0. The van der Waals surface area contributed by atoms with Crippen LogP contribution in [0.4, 0.5) is 0 Å². The lowest BCUT2D eigenvalue weighted by atomic mass is 9.97. The van der Waals surface area contributed by atoms with Gasteiger partial charge >= 0.3 is 0 Å². The molecule has 1 nitrogen and oxygen atoms in total. The van der Waals surface area contributed by atoms with Crippen LogP contribution in [0.25, 0.3) is 5.57 Å². The van der Waals surface area contributed by atoms with Crippen molar-refractivity contribution in [3.63, 3.8) is 0 Å². The number of rotatable bonds is 1. The molecule has 1 atom stereocenters. The second-order valence-corrected chi connectivity index (χ2v) is 3.79. The van der Waals surface area contributed by atoms with E-state index in [-0.39, 0.29) is 6.04 Å². The second kappa shape index (κ2) is 3.81. The van der Waals surface area contributed by atoms with Crippen LogP contribution in [0.5, 0.6) is 0 Å². The third kappa shape index (κ3) is 1.94. The summed E-state index contributed by atoms with van der Waals surface area (Å²) in [6.07, 6.45) is 7.33. The number of hydrogen-bond donors (Lipinski definition) is 1. The molecule has 0 aliphatic heterocycles. The molecule has 14 heavy (non-hydrogen) atoms. The molecule has 1 aromatic rings. The lowest BCUT2D eigenvalue weighted by Gasteiger charge is -2.12. The summed E-state index contributed by atoms with van der Waals surface area (Å²) < 4.78 is 0. The van der Waals surface area contributed by atoms with Crippen LogP contribution in [0.3, 0.4) is 0 Å². The molecule has 0 fully saturated rings. The zero-order valence-corrected chi connectivity index (χ0v) is 8.40. The van der Waals surface area contributed by atoms with Crippen LogP contribution in [0.2, 0.25) is 0 Å². The average molecular weight is 185 g/mol. The normalized spacial score (nSPS) is 20.7. The first-order valence-electron chi connectivity index (χ1n) is 4.97. The molecular weight excluding hydrogens is 170 g/mol. The molecule has 0 heterocycles. The van der Waals surface area contributed by atoms with Crippen molar-refractivity contribution in [3.8, 4) is 0 Å². The van der Waals surface area contributed by atoms with Crippen LogP contribution in [0.15, 0.2) is 42.5 Å². The molecule has 0 saturated heterocycles. The highest BCUT2D eigenvalue weighted by molar-refractivity contribution is 5.75. The molecule has 2 rings (SSSR count). The Labute approximate surface area is 84.9 Å². The van der Waals surface area contributed by atoms with E-state index in [9.17, 15) is 0 Å². The molecule has 1 aromatic carbocycles. The van der Waals surface area contributed by atoms with Gasteiger partial charge in [-0.3, -0.25) is 0 Å². The summed E-state index contributed by atoms with van der Waals surface area (Å²) in [7, 11) is 0. The van der Waals surface area contributed by atoms with Crippen molar-refractivity contribution in [2.24, 2.45) is 5.73 Å². The van der Waals surface area contributed by atoms with Gasteiger partial charge < -0.3 is 5.73 Å². The summed E-state index contributed by atoms with van der Waals surface area (Å²) in [4.78, 5) is 0. The molecule has 72 valence electrons. The van der Waals surface area contributed by atoms with E-state index in [2.05, 4.69) is 49.4 Å². The average Bonchev–Trinajstić information content (AvgIpc) is 2.19. The molecule has 0 amide bonds. The second-order valence-electron chi connectivity index (χ2n) is 3.79. The number of aryl methyl sites for hydroxylation is 1. The van der Waals surface area contributed by atoms with E-state index in [1.54, 1.807) is 0 Å². The number of allylic oxidation sites excluding steroid dienone is 2. The van der Waals surface area contributed by atoms with Crippen LogP contribution in [0.1, 0.15) is 17.5 Å². The highest BCUT2D eigenvalue weighted by Crippen LogP contribution is 2.21. The van der Waals surface area contributed by atoms with Crippen molar-refractivity contribution in [2.75, 3.05) is 0 Å². The smallest absolute Gasteiger partial charge is 0.0262 e. The van der Waals surface area contributed by atoms with Gasteiger partial charge in [-0.1, -0.05) is 48.1 Å². The fourth-order valence-electron chi connectivity index (χ4n) is 1.68. The summed E-state index contributed by atoms with van der Waals surface area (Å²) in [5.41, 5.74) is 9.64. The Kier molecular flexibility index (Phi) is 2.51. The molecule has 1 unspecified atom stereocenters. The van der Waals surface area contributed by atoms with Crippen molar-refractivity contribution >= 4 is 5.57 Å². The Hall–Kier alpha value is -1.34. The zero-order valence-electron chi connectivity index (χ0n) is 8.40. The monoisotopic (exact) mass is 185 g/mol. The fraction of sp³-hybridized carbons (Fsp3) is 0.231. The minimum absolute atomic E-state index is 0.198. The van der Waals surface area contributed by atoms with Crippen molar-refractivity contribution in [1.82, 2.24) is 0 Å². The minimum Gasteiger partial charge on any atom is -0.324 e. The van der Waals surface area contributed by atoms with Gasteiger partial charge in [-0.2, -0.15) is 0 Å². The predicted molar refractivity (Wildman–Crippen MR) is 60.9 cm³/mol. The van der Waals surface area contributed by atoms with Gasteiger partial charge in [-0.05, 0) is 24.5 Å². The lowest BCUT2D eigenvalue weighted by molar-refractivity contribution is 0.828. The molecule has 1 aliphatic carbocycles. The molecule has 0 radical (unpaired) electrons. The van der Waals surface area contributed by atoms with Gasteiger partial charge in [0.2, 0.25) is 0 Å². The highest BCUT2D eigenvalue weighted by Gasteiger charge is 2.05. The van der Waals surface area contributed by atoms with Crippen LogP contribution in [-0.4, -0.2) is 6.04 Å². The third-order valence-electron chi connectivity index (χ3n) is 2.48. The topological polar surface area (TPSA) is 26.0 Å². The standard InChI is InChI=1S/C13H15N/c1-10-3-2-4-12(9-10)11-5-7-13(14)8-6-11/h2-7,9,13H,8,14H2,1H3. The molecule has 0 bridgehead atoms. The van der Waals surface area contributed by atoms with E-state index in [1.807, 2.05) is 0 Å². The van der Waals surface area contributed by atoms with Gasteiger partial charge in [-0.25, -0.2) is 0 Å². The Morgan fingerprint density at radius 1 is 1.36 bits per heavy atom. The van der Waals surface area contributed by atoms with Crippen molar-refractivity contribution in [2.45, 2.75) is 19.4 Å². The quantitative estimate of drug-likeness (QED) is 0.715. The molecule has 1 aliphatic rings. The first-order valence-corrected chi connectivity index (χ1v) is 4.97. The minimum atomic E-state index is 0.198. The molecular formula is C13H15N. The lowest BCUT2D eigenvalue weighted by Crippen LogP contribution is -2.17. The SMILES string of the molecule is Cc1cccc(C2=CCC(N)C=C2)c1. The molecule has 1 heteroatoms. The van der Waals surface area contributed by atoms with E-state index < -0.39 is 0 Å². The summed E-state index contributed by atoms with van der Waals surface area (Å²) in [6.45, 7) is 2.11. The van der Waals surface area contributed by atoms with Gasteiger partial charge in [0, 0.05) is 6.04 Å². The van der Waals surface area contributed by atoms with Gasteiger partial charge in [0.25, 0.3) is 0 Å². The third-order valence-corrected chi connectivity index (χ3v) is 2.48. The maximum Gasteiger partial charge on any atom is 0.0262 e. The van der Waals surface area contributed by atoms with Crippen LogP contribution >= 0.6 is 0 Å². The fourth-order valence-corrected chi connectivity index (χ4v) is 1.68. The highest BCUT2D eigenvalue weighted by atomic mass is 14.6. The maximum absolute atomic E-state index is 5.77. The Morgan fingerprint density at radius 2 is 2.21 bits per heavy atom. The maximum atomic E-state index is 5.77. The largest absolute Gasteiger partial charge is 0.324 e. The van der Waals surface area contributed by atoms with Gasteiger partial charge in [0.05, 0.1) is 0 Å². The van der Waals surface area contributed by atoms with E-state index in [0.717, 1.165) is 6.42 Å². The summed E-state index contributed by atoms with van der Waals surface area (Å²) >= 11 is 0. The Bertz CT molecular complexity index is 388. The predicted octanol–water partition coefficient (Wildman–Crippen LogP) is 2.67.